The number of fused-ring (bicyclic) bond motifs is 1. The largest absolute Gasteiger partial charge is 0.241 e. The average Bonchev–Trinajstić information content (AvgIpc) is 2.64. The topological polar surface area (TPSA) is 30.7 Å². The lowest BCUT2D eigenvalue weighted by molar-refractivity contribution is 0.682. The van der Waals surface area contributed by atoms with E-state index in [1.165, 1.54) is 0 Å². The first kappa shape index (κ1) is 10.4. The molecule has 3 nitrogen and oxygen atoms in total. The molecule has 0 aliphatic rings. The maximum Gasteiger partial charge on any atom is 0.117 e. The first-order valence-electron chi connectivity index (χ1n) is 4.83. The molecule has 0 N–H and O–H groups in total. The van der Waals surface area contributed by atoms with Crippen LogP contribution in [0.15, 0.2) is 28.8 Å². The van der Waals surface area contributed by atoms with E-state index in [9.17, 15) is 0 Å². The molecule has 0 atom stereocenters. The van der Waals surface area contributed by atoms with Crippen molar-refractivity contribution in [3.8, 4) is 0 Å². The third kappa shape index (κ3) is 1.81. The Morgan fingerprint density at radius 3 is 3.00 bits per heavy atom. The Balaban J connectivity index is 2.56. The van der Waals surface area contributed by atoms with Gasteiger partial charge in [0.05, 0.1) is 12.1 Å². The van der Waals surface area contributed by atoms with Crippen molar-refractivity contribution in [3.63, 3.8) is 0 Å². The molecule has 1 aromatic heterocycles. The molecule has 1 aromatic carbocycles. The molecule has 0 radical (unpaired) electrons. The van der Waals surface area contributed by atoms with Gasteiger partial charge >= 0.3 is 0 Å². The Hall–Kier alpha value is -1.16. The van der Waals surface area contributed by atoms with Gasteiger partial charge in [0, 0.05) is 4.47 Å². The number of aryl methyl sites for hydroxylation is 1. The van der Waals surface area contributed by atoms with Crippen molar-refractivity contribution in [2.24, 2.45) is 0 Å². The molecule has 0 spiro atoms. The number of benzene rings is 1. The standard InChI is InChI=1S/C11H12BrN3/c1-3-4-7-15-10-6-5-9(12)8(2)11(10)13-14-15/h3-6H,7H2,1-2H3/b4-3+. The fourth-order valence-electron chi connectivity index (χ4n) is 1.48. The van der Waals surface area contributed by atoms with Crippen molar-refractivity contribution in [2.45, 2.75) is 20.4 Å². The van der Waals surface area contributed by atoms with Crippen molar-refractivity contribution in [2.75, 3.05) is 0 Å². The molecule has 2 rings (SSSR count). The molecule has 0 aliphatic carbocycles. The number of rotatable bonds is 2. The van der Waals surface area contributed by atoms with Crippen molar-refractivity contribution >= 4 is 27.0 Å². The second-order valence-corrected chi connectivity index (χ2v) is 4.24. The Labute approximate surface area is 96.9 Å². The first-order chi connectivity index (χ1) is 7.24. The molecule has 0 saturated carbocycles. The van der Waals surface area contributed by atoms with Gasteiger partial charge in [0.1, 0.15) is 5.52 Å². The minimum atomic E-state index is 0.772. The summed E-state index contributed by atoms with van der Waals surface area (Å²) in [6.45, 7) is 4.82. The van der Waals surface area contributed by atoms with Gasteiger partial charge in [-0.2, -0.15) is 0 Å². The summed E-state index contributed by atoms with van der Waals surface area (Å²) in [6.07, 6.45) is 4.07. The van der Waals surface area contributed by atoms with Gasteiger partial charge in [-0.1, -0.05) is 33.3 Å². The highest BCUT2D eigenvalue weighted by Crippen LogP contribution is 2.23. The number of aromatic nitrogens is 3. The normalized spacial score (nSPS) is 11.7. The molecule has 0 aliphatic heterocycles. The Morgan fingerprint density at radius 1 is 1.47 bits per heavy atom. The van der Waals surface area contributed by atoms with Gasteiger partial charge in [-0.15, -0.1) is 5.10 Å². The summed E-state index contributed by atoms with van der Waals surface area (Å²) in [5.74, 6) is 0. The fraction of sp³-hybridized carbons (Fsp3) is 0.273. The Kier molecular flexibility index (Phi) is 2.86. The van der Waals surface area contributed by atoms with E-state index < -0.39 is 0 Å². The van der Waals surface area contributed by atoms with Crippen LogP contribution in [0.5, 0.6) is 0 Å². The van der Waals surface area contributed by atoms with E-state index in [4.69, 9.17) is 0 Å². The second-order valence-electron chi connectivity index (χ2n) is 3.38. The van der Waals surface area contributed by atoms with Crippen molar-refractivity contribution in [1.82, 2.24) is 15.0 Å². The smallest absolute Gasteiger partial charge is 0.117 e. The van der Waals surface area contributed by atoms with E-state index in [1.54, 1.807) is 0 Å². The maximum absolute atomic E-state index is 4.18. The highest BCUT2D eigenvalue weighted by Gasteiger charge is 2.07. The molecular weight excluding hydrogens is 254 g/mol. The van der Waals surface area contributed by atoms with Crippen LogP contribution in [0.2, 0.25) is 0 Å². The lowest BCUT2D eigenvalue weighted by atomic mass is 10.2. The van der Waals surface area contributed by atoms with Crippen LogP contribution in [-0.2, 0) is 6.54 Å². The lowest BCUT2D eigenvalue weighted by Gasteiger charge is -2.00. The number of allylic oxidation sites excluding steroid dienone is 2. The lowest BCUT2D eigenvalue weighted by Crippen LogP contribution is -1.97. The number of halogens is 1. The molecule has 15 heavy (non-hydrogen) atoms. The van der Waals surface area contributed by atoms with Gasteiger partial charge in [0.25, 0.3) is 0 Å². The van der Waals surface area contributed by atoms with Gasteiger partial charge in [-0.3, -0.25) is 0 Å². The molecule has 2 aromatic rings. The molecule has 0 unspecified atom stereocenters. The van der Waals surface area contributed by atoms with Gasteiger partial charge < -0.3 is 0 Å². The van der Waals surface area contributed by atoms with Crippen LogP contribution in [0.4, 0.5) is 0 Å². The van der Waals surface area contributed by atoms with Gasteiger partial charge in [-0.25, -0.2) is 4.68 Å². The minimum absolute atomic E-state index is 0.772. The van der Waals surface area contributed by atoms with E-state index in [0.29, 0.717) is 0 Å². The molecule has 1 heterocycles. The van der Waals surface area contributed by atoms with Crippen LogP contribution < -0.4 is 0 Å². The van der Waals surface area contributed by atoms with Crippen molar-refractivity contribution in [1.29, 1.82) is 0 Å². The van der Waals surface area contributed by atoms with E-state index in [0.717, 1.165) is 27.6 Å². The average molecular weight is 266 g/mol. The van der Waals surface area contributed by atoms with Crippen LogP contribution in [-0.4, -0.2) is 15.0 Å². The van der Waals surface area contributed by atoms with Crippen LogP contribution >= 0.6 is 15.9 Å². The predicted octanol–water partition coefficient (Wildman–Crippen LogP) is 3.08. The summed E-state index contributed by atoms with van der Waals surface area (Å²) in [6, 6.07) is 4.07. The maximum atomic E-state index is 4.18. The number of nitrogens with zero attached hydrogens (tertiary/aromatic N) is 3. The van der Waals surface area contributed by atoms with Crippen LogP contribution in [0, 0.1) is 6.92 Å². The summed E-state index contributed by atoms with van der Waals surface area (Å²) < 4.78 is 2.97. The van der Waals surface area contributed by atoms with E-state index in [-0.39, 0.29) is 0 Å². The first-order valence-corrected chi connectivity index (χ1v) is 5.63. The summed E-state index contributed by atoms with van der Waals surface area (Å²) in [4.78, 5) is 0. The van der Waals surface area contributed by atoms with Crippen molar-refractivity contribution < 1.29 is 0 Å². The van der Waals surface area contributed by atoms with E-state index in [2.05, 4.69) is 32.3 Å². The minimum Gasteiger partial charge on any atom is -0.241 e. The number of hydrogen-bond donors (Lipinski definition) is 0. The van der Waals surface area contributed by atoms with Crippen LogP contribution in [0.25, 0.3) is 11.0 Å². The molecule has 0 fully saturated rings. The van der Waals surface area contributed by atoms with Gasteiger partial charge in [-0.05, 0) is 31.5 Å². The van der Waals surface area contributed by atoms with E-state index >= 15 is 0 Å². The summed E-state index contributed by atoms with van der Waals surface area (Å²) in [7, 11) is 0. The SMILES string of the molecule is C/C=C/Cn1nnc2c(C)c(Br)ccc21. The zero-order valence-corrected chi connectivity index (χ0v) is 10.3. The predicted molar refractivity (Wildman–Crippen MR) is 64.8 cm³/mol. The monoisotopic (exact) mass is 265 g/mol. The highest BCUT2D eigenvalue weighted by atomic mass is 79.9. The van der Waals surface area contributed by atoms with Crippen LogP contribution in [0.1, 0.15) is 12.5 Å². The molecule has 4 heteroatoms. The fourth-order valence-corrected chi connectivity index (χ4v) is 1.80. The van der Waals surface area contributed by atoms with Crippen molar-refractivity contribution in [3.05, 3.63) is 34.3 Å². The second kappa shape index (κ2) is 4.14. The molecule has 0 bridgehead atoms. The van der Waals surface area contributed by atoms with E-state index in [1.807, 2.05) is 36.7 Å². The van der Waals surface area contributed by atoms with Crippen LogP contribution in [0.3, 0.4) is 0 Å². The summed E-state index contributed by atoms with van der Waals surface area (Å²) in [5.41, 5.74) is 3.18. The third-order valence-corrected chi connectivity index (χ3v) is 3.25. The Bertz CT molecular complexity index is 514. The summed E-state index contributed by atoms with van der Waals surface area (Å²) >= 11 is 3.49. The quantitative estimate of drug-likeness (QED) is 0.782. The Morgan fingerprint density at radius 2 is 2.27 bits per heavy atom. The van der Waals surface area contributed by atoms with Gasteiger partial charge in [0.2, 0.25) is 0 Å². The molecular formula is C11H12BrN3. The zero-order chi connectivity index (χ0) is 10.8. The molecule has 78 valence electrons. The summed E-state index contributed by atoms with van der Waals surface area (Å²) in [5, 5.41) is 8.31. The molecule has 0 saturated heterocycles. The van der Waals surface area contributed by atoms with Gasteiger partial charge in [0.15, 0.2) is 0 Å². The zero-order valence-electron chi connectivity index (χ0n) is 8.74. The highest BCUT2D eigenvalue weighted by molar-refractivity contribution is 9.10. The third-order valence-electron chi connectivity index (χ3n) is 2.39. The number of hydrogen-bond acceptors (Lipinski definition) is 2. The molecule has 0 amide bonds.